The molecule has 3 aromatic carbocycles. The molecule has 0 aliphatic carbocycles. The zero-order chi connectivity index (χ0) is 25.2. The van der Waals surface area contributed by atoms with Gasteiger partial charge in [-0.3, -0.25) is 4.79 Å². The van der Waals surface area contributed by atoms with E-state index in [0.29, 0.717) is 17.1 Å². The number of nitrogens with one attached hydrogen (secondary N) is 1. The van der Waals surface area contributed by atoms with Crippen molar-refractivity contribution >= 4 is 40.1 Å². The van der Waals surface area contributed by atoms with Gasteiger partial charge in [0.1, 0.15) is 11.5 Å². The first-order chi connectivity index (χ1) is 16.8. The number of hydrazone groups is 1. The zero-order valence-corrected chi connectivity index (χ0v) is 21.4. The number of carbonyl (C=O) groups is 2. The molecule has 6 nitrogen and oxygen atoms in total. The summed E-state index contributed by atoms with van der Waals surface area (Å²) in [6.45, 7) is 5.94. The van der Waals surface area contributed by atoms with Crippen molar-refractivity contribution in [2.75, 3.05) is 6.61 Å². The maximum atomic E-state index is 12.3. The van der Waals surface area contributed by atoms with Crippen LogP contribution in [0.15, 0.2) is 82.4 Å². The second-order valence-electron chi connectivity index (χ2n) is 8.13. The van der Waals surface area contributed by atoms with Gasteiger partial charge in [0.15, 0.2) is 6.61 Å². The maximum absolute atomic E-state index is 12.3. The van der Waals surface area contributed by atoms with E-state index in [9.17, 15) is 9.59 Å². The Morgan fingerprint density at radius 1 is 1.03 bits per heavy atom. The lowest BCUT2D eigenvalue weighted by Gasteiger charge is -2.14. The minimum Gasteiger partial charge on any atom is -0.483 e. The highest BCUT2D eigenvalue weighted by molar-refractivity contribution is 9.10. The van der Waals surface area contributed by atoms with Gasteiger partial charge >= 0.3 is 5.97 Å². The maximum Gasteiger partial charge on any atom is 0.336 e. The molecule has 0 aliphatic heterocycles. The lowest BCUT2D eigenvalue weighted by atomic mass is 10.0. The minimum absolute atomic E-state index is 0.175. The van der Waals surface area contributed by atoms with Crippen LogP contribution in [0.2, 0.25) is 0 Å². The lowest BCUT2D eigenvalue weighted by Crippen LogP contribution is -2.25. The van der Waals surface area contributed by atoms with Crippen LogP contribution in [0.5, 0.6) is 11.5 Å². The van der Waals surface area contributed by atoms with Crippen molar-refractivity contribution in [1.29, 1.82) is 0 Å². The standard InChI is InChI=1S/C28H27BrN2O4/c1-19(2)24-12-9-20(3)15-26(24)34-18-27(32)31-30-17-22-16-23(29)11-13-25(22)35-28(33)14-10-21-7-5-4-6-8-21/h4-17,19H,18H2,1-3H3,(H,31,32)/b14-10+,30-17-. The van der Waals surface area contributed by atoms with Crippen LogP contribution in [0, 0.1) is 6.92 Å². The van der Waals surface area contributed by atoms with Crippen LogP contribution in [-0.4, -0.2) is 24.7 Å². The van der Waals surface area contributed by atoms with Gasteiger partial charge < -0.3 is 9.47 Å². The molecule has 0 saturated carbocycles. The van der Waals surface area contributed by atoms with Gasteiger partial charge in [-0.05, 0) is 59.9 Å². The summed E-state index contributed by atoms with van der Waals surface area (Å²) in [6, 6.07) is 20.5. The van der Waals surface area contributed by atoms with Crippen molar-refractivity contribution in [3.63, 3.8) is 0 Å². The van der Waals surface area contributed by atoms with Crippen molar-refractivity contribution < 1.29 is 19.1 Å². The number of amides is 1. The SMILES string of the molecule is Cc1ccc(C(C)C)c(OCC(=O)N/N=C\c2cc(Br)ccc2OC(=O)/C=C/c2ccccc2)c1. The molecule has 0 unspecified atom stereocenters. The van der Waals surface area contributed by atoms with Crippen molar-refractivity contribution in [1.82, 2.24) is 5.43 Å². The van der Waals surface area contributed by atoms with E-state index < -0.39 is 11.9 Å². The van der Waals surface area contributed by atoms with E-state index in [-0.39, 0.29) is 12.5 Å². The molecule has 35 heavy (non-hydrogen) atoms. The summed E-state index contributed by atoms with van der Waals surface area (Å²) >= 11 is 3.40. The summed E-state index contributed by atoms with van der Waals surface area (Å²) in [6.07, 6.45) is 4.45. The molecule has 0 atom stereocenters. The van der Waals surface area contributed by atoms with E-state index in [0.717, 1.165) is 21.2 Å². The van der Waals surface area contributed by atoms with E-state index >= 15 is 0 Å². The minimum atomic E-state index is -0.526. The molecule has 0 saturated heterocycles. The second-order valence-corrected chi connectivity index (χ2v) is 9.04. The van der Waals surface area contributed by atoms with Gasteiger partial charge in [0.25, 0.3) is 5.91 Å². The molecule has 0 heterocycles. The van der Waals surface area contributed by atoms with Crippen molar-refractivity contribution in [3.8, 4) is 11.5 Å². The van der Waals surface area contributed by atoms with Gasteiger partial charge in [0.2, 0.25) is 0 Å². The molecule has 0 aromatic heterocycles. The highest BCUT2D eigenvalue weighted by Crippen LogP contribution is 2.27. The summed E-state index contributed by atoms with van der Waals surface area (Å²) in [4.78, 5) is 24.5. The molecule has 0 bridgehead atoms. The Morgan fingerprint density at radius 3 is 2.54 bits per heavy atom. The molecule has 0 fully saturated rings. The van der Waals surface area contributed by atoms with Gasteiger partial charge in [0, 0.05) is 16.1 Å². The number of rotatable bonds is 9. The molecule has 0 radical (unpaired) electrons. The number of ether oxygens (including phenoxy) is 2. The van der Waals surface area contributed by atoms with E-state index in [1.807, 2.05) is 55.5 Å². The van der Waals surface area contributed by atoms with Crippen LogP contribution in [0.4, 0.5) is 0 Å². The quantitative estimate of drug-likeness (QED) is 0.119. The first kappa shape index (κ1) is 25.9. The molecule has 3 rings (SSSR count). The Hall–Kier alpha value is -3.71. The van der Waals surface area contributed by atoms with Crippen LogP contribution >= 0.6 is 15.9 Å². The third-order valence-corrected chi connectivity index (χ3v) is 5.43. The monoisotopic (exact) mass is 534 g/mol. The van der Waals surface area contributed by atoms with E-state index in [2.05, 4.69) is 40.3 Å². The Bertz CT molecular complexity index is 1240. The highest BCUT2D eigenvalue weighted by Gasteiger charge is 2.11. The Labute approximate surface area is 213 Å². The lowest BCUT2D eigenvalue weighted by molar-refractivity contribution is -0.129. The van der Waals surface area contributed by atoms with Gasteiger partial charge in [-0.25, -0.2) is 10.2 Å². The van der Waals surface area contributed by atoms with Crippen molar-refractivity contribution in [3.05, 3.63) is 99.5 Å². The Morgan fingerprint density at radius 2 is 1.80 bits per heavy atom. The van der Waals surface area contributed by atoms with Gasteiger partial charge in [0.05, 0.1) is 6.21 Å². The molecule has 0 spiro atoms. The van der Waals surface area contributed by atoms with E-state index in [1.54, 1.807) is 24.3 Å². The average Bonchev–Trinajstić information content (AvgIpc) is 2.83. The third-order valence-electron chi connectivity index (χ3n) is 4.94. The number of carbonyl (C=O) groups excluding carboxylic acids is 2. The van der Waals surface area contributed by atoms with Crippen molar-refractivity contribution in [2.45, 2.75) is 26.7 Å². The van der Waals surface area contributed by atoms with Gasteiger partial charge in [-0.15, -0.1) is 0 Å². The summed E-state index contributed by atoms with van der Waals surface area (Å²) in [5.74, 6) is 0.335. The number of esters is 1. The third kappa shape index (κ3) is 8.22. The number of nitrogens with zero attached hydrogens (tertiary/aromatic N) is 1. The predicted octanol–water partition coefficient (Wildman–Crippen LogP) is 6.03. The number of halogens is 1. The molecule has 7 heteroatoms. The molecular weight excluding hydrogens is 508 g/mol. The fraction of sp³-hybridized carbons (Fsp3) is 0.179. The number of benzene rings is 3. The van der Waals surface area contributed by atoms with Crippen LogP contribution in [0.3, 0.4) is 0 Å². The molecular formula is C28H27BrN2O4. The molecule has 1 amide bonds. The van der Waals surface area contributed by atoms with E-state index in [4.69, 9.17) is 9.47 Å². The van der Waals surface area contributed by atoms with Crippen molar-refractivity contribution in [2.24, 2.45) is 5.10 Å². The van der Waals surface area contributed by atoms with Crippen LogP contribution in [0.1, 0.15) is 42.0 Å². The Balaban J connectivity index is 1.60. The predicted molar refractivity (Wildman–Crippen MR) is 142 cm³/mol. The molecule has 1 N–H and O–H groups in total. The zero-order valence-electron chi connectivity index (χ0n) is 19.8. The summed E-state index contributed by atoms with van der Waals surface area (Å²) < 4.78 is 12.0. The first-order valence-corrected chi connectivity index (χ1v) is 11.9. The normalized spacial score (nSPS) is 11.2. The summed E-state index contributed by atoms with van der Waals surface area (Å²) in [5, 5.41) is 4.00. The fourth-order valence-electron chi connectivity index (χ4n) is 3.18. The van der Waals surface area contributed by atoms with Crippen LogP contribution in [0.25, 0.3) is 6.08 Å². The van der Waals surface area contributed by atoms with Crippen LogP contribution in [-0.2, 0) is 9.59 Å². The van der Waals surface area contributed by atoms with Gasteiger partial charge in [-0.1, -0.05) is 72.2 Å². The number of aryl methyl sites for hydroxylation is 1. The number of hydrogen-bond acceptors (Lipinski definition) is 5. The van der Waals surface area contributed by atoms with E-state index in [1.165, 1.54) is 12.3 Å². The largest absolute Gasteiger partial charge is 0.483 e. The fourth-order valence-corrected chi connectivity index (χ4v) is 3.56. The average molecular weight is 535 g/mol. The Kier molecular flexibility index (Phi) is 9.38. The molecule has 3 aromatic rings. The summed E-state index contributed by atoms with van der Waals surface area (Å²) in [7, 11) is 0. The summed E-state index contributed by atoms with van der Waals surface area (Å²) in [5.41, 5.74) is 5.94. The second kappa shape index (κ2) is 12.7. The van der Waals surface area contributed by atoms with Crippen LogP contribution < -0.4 is 14.9 Å². The topological polar surface area (TPSA) is 77.0 Å². The number of hydrogen-bond donors (Lipinski definition) is 1. The molecule has 0 aliphatic rings. The smallest absolute Gasteiger partial charge is 0.336 e. The van der Waals surface area contributed by atoms with Gasteiger partial charge in [-0.2, -0.15) is 5.10 Å². The molecule has 180 valence electrons. The highest BCUT2D eigenvalue weighted by atomic mass is 79.9. The first-order valence-electron chi connectivity index (χ1n) is 11.1.